The zero-order valence-electron chi connectivity index (χ0n) is 17.0. The lowest BCUT2D eigenvalue weighted by Gasteiger charge is -2.14. The standard InChI is InChI=1S/C22H22N4O4/c1-4-29-16-9-7-8-15(12-16)20-23-19(30-24-20)13-25-18-11-6-5-10-17(18)21(27)26(14(2)3)22(25)28/h5-12,14H,4,13H2,1-3H3. The number of rotatable bonds is 6. The van der Waals surface area contributed by atoms with Crippen molar-refractivity contribution in [2.45, 2.75) is 33.4 Å². The molecule has 0 saturated carbocycles. The average molecular weight is 406 g/mol. The van der Waals surface area contributed by atoms with Gasteiger partial charge in [0, 0.05) is 11.6 Å². The lowest BCUT2D eigenvalue weighted by molar-refractivity contribution is 0.340. The van der Waals surface area contributed by atoms with E-state index in [1.807, 2.05) is 31.2 Å². The molecule has 0 aliphatic heterocycles. The molecule has 2 aromatic heterocycles. The van der Waals surface area contributed by atoms with Gasteiger partial charge in [0.15, 0.2) is 0 Å². The van der Waals surface area contributed by atoms with Gasteiger partial charge in [-0.1, -0.05) is 29.4 Å². The van der Waals surface area contributed by atoms with E-state index in [4.69, 9.17) is 9.26 Å². The van der Waals surface area contributed by atoms with Crippen molar-refractivity contribution in [3.05, 3.63) is 75.3 Å². The third-order valence-corrected chi connectivity index (χ3v) is 4.76. The Morgan fingerprint density at radius 1 is 1.10 bits per heavy atom. The summed E-state index contributed by atoms with van der Waals surface area (Å²) in [5.74, 6) is 1.39. The first-order chi connectivity index (χ1) is 14.5. The molecule has 0 unspecified atom stereocenters. The molecule has 4 rings (SSSR count). The van der Waals surface area contributed by atoms with Crippen molar-refractivity contribution in [1.29, 1.82) is 0 Å². The summed E-state index contributed by atoms with van der Waals surface area (Å²) in [5, 5.41) is 4.51. The Kier molecular flexibility index (Phi) is 5.22. The number of hydrogen-bond acceptors (Lipinski definition) is 6. The summed E-state index contributed by atoms with van der Waals surface area (Å²) < 4.78 is 13.7. The molecule has 154 valence electrons. The van der Waals surface area contributed by atoms with Crippen LogP contribution in [0.25, 0.3) is 22.3 Å². The SMILES string of the molecule is CCOc1cccc(-c2noc(Cn3c(=O)n(C(C)C)c(=O)c4ccccc43)n2)c1. The maximum Gasteiger partial charge on any atom is 0.332 e. The minimum atomic E-state index is -0.410. The van der Waals surface area contributed by atoms with Crippen molar-refractivity contribution in [2.24, 2.45) is 0 Å². The summed E-state index contributed by atoms with van der Waals surface area (Å²) in [7, 11) is 0. The molecule has 4 aromatic rings. The van der Waals surface area contributed by atoms with Crippen LogP contribution in [0, 0.1) is 0 Å². The maximum absolute atomic E-state index is 13.1. The van der Waals surface area contributed by atoms with E-state index in [0.717, 1.165) is 5.56 Å². The van der Waals surface area contributed by atoms with Gasteiger partial charge in [-0.3, -0.25) is 13.9 Å². The molecule has 0 aliphatic rings. The van der Waals surface area contributed by atoms with Crippen LogP contribution in [-0.2, 0) is 6.54 Å². The number of aromatic nitrogens is 4. The number of para-hydroxylation sites is 1. The molecular formula is C22H22N4O4. The minimum absolute atomic E-state index is 0.0600. The zero-order chi connectivity index (χ0) is 21.3. The van der Waals surface area contributed by atoms with E-state index in [9.17, 15) is 9.59 Å². The first-order valence-electron chi connectivity index (χ1n) is 9.79. The van der Waals surface area contributed by atoms with Crippen molar-refractivity contribution in [2.75, 3.05) is 6.61 Å². The van der Waals surface area contributed by atoms with Gasteiger partial charge in [-0.2, -0.15) is 4.98 Å². The molecule has 0 bridgehead atoms. The number of nitrogens with zero attached hydrogens (tertiary/aromatic N) is 4. The predicted molar refractivity (Wildman–Crippen MR) is 113 cm³/mol. The van der Waals surface area contributed by atoms with E-state index < -0.39 is 5.69 Å². The maximum atomic E-state index is 13.1. The van der Waals surface area contributed by atoms with Gasteiger partial charge in [-0.15, -0.1) is 0 Å². The van der Waals surface area contributed by atoms with Gasteiger partial charge in [0.1, 0.15) is 12.3 Å². The fourth-order valence-corrected chi connectivity index (χ4v) is 3.41. The molecule has 0 radical (unpaired) electrons. The topological polar surface area (TPSA) is 92.2 Å². The Bertz CT molecular complexity index is 1320. The van der Waals surface area contributed by atoms with Crippen LogP contribution in [0.1, 0.15) is 32.7 Å². The van der Waals surface area contributed by atoms with Gasteiger partial charge in [0.25, 0.3) is 5.56 Å². The molecule has 0 saturated heterocycles. The highest BCUT2D eigenvalue weighted by atomic mass is 16.5. The van der Waals surface area contributed by atoms with Crippen molar-refractivity contribution >= 4 is 10.9 Å². The highest BCUT2D eigenvalue weighted by Gasteiger charge is 2.17. The van der Waals surface area contributed by atoms with E-state index in [2.05, 4.69) is 10.1 Å². The Balaban J connectivity index is 1.77. The molecule has 2 heterocycles. The van der Waals surface area contributed by atoms with Crippen LogP contribution in [0.2, 0.25) is 0 Å². The Morgan fingerprint density at radius 3 is 2.67 bits per heavy atom. The second-order valence-electron chi connectivity index (χ2n) is 7.13. The molecule has 2 aromatic carbocycles. The van der Waals surface area contributed by atoms with Crippen molar-refractivity contribution in [3.63, 3.8) is 0 Å². The minimum Gasteiger partial charge on any atom is -0.494 e. The molecular weight excluding hydrogens is 384 g/mol. The van der Waals surface area contributed by atoms with Crippen LogP contribution >= 0.6 is 0 Å². The van der Waals surface area contributed by atoms with Crippen LogP contribution in [0.3, 0.4) is 0 Å². The smallest absolute Gasteiger partial charge is 0.332 e. The second kappa shape index (κ2) is 7.98. The summed E-state index contributed by atoms with van der Waals surface area (Å²) in [4.78, 5) is 30.3. The van der Waals surface area contributed by atoms with E-state index >= 15 is 0 Å². The van der Waals surface area contributed by atoms with Crippen LogP contribution < -0.4 is 16.0 Å². The highest BCUT2D eigenvalue weighted by molar-refractivity contribution is 5.77. The molecule has 30 heavy (non-hydrogen) atoms. The Labute approximate surface area is 172 Å². The normalized spacial score (nSPS) is 11.3. The molecule has 0 atom stereocenters. The first kappa shape index (κ1) is 19.6. The quantitative estimate of drug-likeness (QED) is 0.488. The summed E-state index contributed by atoms with van der Waals surface area (Å²) >= 11 is 0. The van der Waals surface area contributed by atoms with Crippen molar-refractivity contribution in [3.8, 4) is 17.1 Å². The average Bonchev–Trinajstić information content (AvgIpc) is 3.20. The number of ether oxygens (including phenoxy) is 1. The lowest BCUT2D eigenvalue weighted by atomic mass is 10.2. The molecule has 0 fully saturated rings. The fraction of sp³-hybridized carbons (Fsp3) is 0.273. The Morgan fingerprint density at radius 2 is 1.90 bits per heavy atom. The van der Waals surface area contributed by atoms with Gasteiger partial charge in [0.2, 0.25) is 11.7 Å². The molecule has 0 spiro atoms. The van der Waals surface area contributed by atoms with Crippen LogP contribution in [0.15, 0.2) is 62.6 Å². The third kappa shape index (κ3) is 3.52. The summed E-state index contributed by atoms with van der Waals surface area (Å²) in [6.07, 6.45) is 0. The van der Waals surface area contributed by atoms with Gasteiger partial charge in [-0.05, 0) is 45.0 Å². The molecule has 0 amide bonds. The monoisotopic (exact) mass is 406 g/mol. The first-order valence-corrected chi connectivity index (χ1v) is 9.79. The number of benzene rings is 2. The van der Waals surface area contributed by atoms with Crippen LogP contribution in [0.5, 0.6) is 5.75 Å². The largest absolute Gasteiger partial charge is 0.494 e. The van der Waals surface area contributed by atoms with Gasteiger partial charge in [0.05, 0.1) is 17.5 Å². The van der Waals surface area contributed by atoms with E-state index in [1.54, 1.807) is 38.1 Å². The van der Waals surface area contributed by atoms with E-state index in [1.165, 1.54) is 9.13 Å². The van der Waals surface area contributed by atoms with E-state index in [0.29, 0.717) is 29.1 Å². The fourth-order valence-electron chi connectivity index (χ4n) is 3.41. The van der Waals surface area contributed by atoms with Crippen LogP contribution in [-0.4, -0.2) is 25.9 Å². The number of fused-ring (bicyclic) bond motifs is 1. The zero-order valence-corrected chi connectivity index (χ0v) is 17.0. The number of hydrogen-bond donors (Lipinski definition) is 0. The Hall–Kier alpha value is -3.68. The summed E-state index contributed by atoms with van der Waals surface area (Å²) in [6, 6.07) is 14.1. The van der Waals surface area contributed by atoms with Gasteiger partial charge < -0.3 is 9.26 Å². The van der Waals surface area contributed by atoms with Crippen molar-refractivity contribution < 1.29 is 9.26 Å². The predicted octanol–water partition coefficient (Wildman–Crippen LogP) is 3.24. The van der Waals surface area contributed by atoms with Gasteiger partial charge >= 0.3 is 5.69 Å². The second-order valence-corrected chi connectivity index (χ2v) is 7.13. The highest BCUT2D eigenvalue weighted by Crippen LogP contribution is 2.22. The molecule has 0 aliphatic carbocycles. The third-order valence-electron chi connectivity index (χ3n) is 4.76. The van der Waals surface area contributed by atoms with Crippen molar-refractivity contribution in [1.82, 2.24) is 19.3 Å². The van der Waals surface area contributed by atoms with E-state index in [-0.39, 0.29) is 24.0 Å². The summed E-state index contributed by atoms with van der Waals surface area (Å²) in [5.41, 5.74) is 0.565. The summed E-state index contributed by atoms with van der Waals surface area (Å²) in [6.45, 7) is 6.14. The van der Waals surface area contributed by atoms with Crippen LogP contribution in [0.4, 0.5) is 0 Å². The molecule has 8 nitrogen and oxygen atoms in total. The lowest BCUT2D eigenvalue weighted by Crippen LogP contribution is -2.41. The molecule has 8 heteroatoms. The molecule has 0 N–H and O–H groups in total. The van der Waals surface area contributed by atoms with Gasteiger partial charge in [-0.25, -0.2) is 4.79 Å².